The number of aromatic nitrogens is 2. The summed E-state index contributed by atoms with van der Waals surface area (Å²) in [5.74, 6) is -0.610. The van der Waals surface area contributed by atoms with E-state index in [0.717, 1.165) is 15.7 Å². The number of nitrogens with one attached hydrogen (secondary N) is 1. The zero-order valence-corrected chi connectivity index (χ0v) is 14.1. The summed E-state index contributed by atoms with van der Waals surface area (Å²) >= 11 is 4.70. The zero-order chi connectivity index (χ0) is 15.7. The van der Waals surface area contributed by atoms with Gasteiger partial charge in [-0.3, -0.25) is 9.59 Å². The Morgan fingerprint density at radius 3 is 3.00 bits per heavy atom. The van der Waals surface area contributed by atoms with Crippen LogP contribution in [0.25, 0.3) is 0 Å². The Morgan fingerprint density at radius 1 is 1.50 bits per heavy atom. The van der Waals surface area contributed by atoms with E-state index in [9.17, 15) is 9.59 Å². The summed E-state index contributed by atoms with van der Waals surface area (Å²) in [4.78, 5) is 26.1. The van der Waals surface area contributed by atoms with Gasteiger partial charge in [-0.1, -0.05) is 27.3 Å². The summed E-state index contributed by atoms with van der Waals surface area (Å²) in [6, 6.07) is 5.72. The number of amides is 2. The average Bonchev–Trinajstić information content (AvgIpc) is 3.11. The second-order valence-electron chi connectivity index (χ2n) is 5.07. The molecule has 22 heavy (non-hydrogen) atoms. The molecule has 114 valence electrons. The third-order valence-corrected chi connectivity index (χ3v) is 5.04. The number of aryl methyl sites for hydroxylation is 1. The predicted molar refractivity (Wildman–Crippen MR) is 87.9 cm³/mol. The van der Waals surface area contributed by atoms with Gasteiger partial charge in [0.15, 0.2) is 0 Å². The number of halogens is 1. The van der Waals surface area contributed by atoms with E-state index in [1.165, 1.54) is 11.3 Å². The Bertz CT molecular complexity index is 720. The molecule has 1 aliphatic rings. The van der Waals surface area contributed by atoms with Crippen LogP contribution in [0.4, 0.5) is 10.8 Å². The monoisotopic (exact) mass is 380 g/mol. The molecular formula is C14H13BrN4O2S. The third-order valence-electron chi connectivity index (χ3n) is 3.54. The van der Waals surface area contributed by atoms with Gasteiger partial charge in [-0.05, 0) is 30.7 Å². The maximum Gasteiger partial charge on any atom is 0.231 e. The second kappa shape index (κ2) is 6.13. The molecule has 1 aromatic carbocycles. The van der Waals surface area contributed by atoms with Crippen molar-refractivity contribution in [1.29, 1.82) is 0 Å². The number of carbonyl (C=O) groups excluding carboxylic acids is 2. The van der Waals surface area contributed by atoms with Crippen LogP contribution in [0, 0.1) is 12.8 Å². The zero-order valence-electron chi connectivity index (χ0n) is 11.7. The Kier molecular flexibility index (Phi) is 4.21. The molecule has 2 heterocycles. The first kappa shape index (κ1) is 15.1. The lowest BCUT2D eigenvalue weighted by atomic mass is 10.1. The van der Waals surface area contributed by atoms with Crippen molar-refractivity contribution in [2.75, 3.05) is 16.8 Å². The standard InChI is InChI=1S/C14H13BrN4O2S/c1-8-4-10(2-3-11(8)15)19-6-9(5-12(19)20)13(21)17-14-18-16-7-22-14/h2-4,7,9H,5-6H2,1H3,(H,17,18,21)/t9-/m0/s1. The van der Waals surface area contributed by atoms with Crippen LogP contribution >= 0.6 is 27.3 Å². The Labute approximate surface area is 139 Å². The highest BCUT2D eigenvalue weighted by molar-refractivity contribution is 9.10. The molecule has 1 aromatic heterocycles. The minimum Gasteiger partial charge on any atom is -0.312 e. The number of anilines is 2. The fourth-order valence-electron chi connectivity index (χ4n) is 2.36. The number of carbonyl (C=O) groups is 2. The molecule has 1 aliphatic heterocycles. The van der Waals surface area contributed by atoms with Crippen LogP contribution < -0.4 is 10.2 Å². The molecule has 2 aromatic rings. The van der Waals surface area contributed by atoms with Crippen molar-refractivity contribution in [3.05, 3.63) is 33.7 Å². The number of benzene rings is 1. The summed E-state index contributed by atoms with van der Waals surface area (Å²) < 4.78 is 0.994. The van der Waals surface area contributed by atoms with Crippen LogP contribution in [-0.2, 0) is 9.59 Å². The molecule has 0 radical (unpaired) electrons. The van der Waals surface area contributed by atoms with E-state index in [1.54, 1.807) is 10.4 Å². The van der Waals surface area contributed by atoms with E-state index >= 15 is 0 Å². The van der Waals surface area contributed by atoms with Gasteiger partial charge in [0.1, 0.15) is 5.51 Å². The first-order chi connectivity index (χ1) is 10.5. The van der Waals surface area contributed by atoms with E-state index in [1.807, 2.05) is 25.1 Å². The number of hydrogen-bond donors (Lipinski definition) is 1. The minimum atomic E-state index is -0.375. The lowest BCUT2D eigenvalue weighted by molar-refractivity contribution is -0.122. The van der Waals surface area contributed by atoms with Crippen LogP contribution in [0.1, 0.15) is 12.0 Å². The van der Waals surface area contributed by atoms with Crippen molar-refractivity contribution in [3.8, 4) is 0 Å². The Hall–Kier alpha value is -1.80. The van der Waals surface area contributed by atoms with E-state index in [0.29, 0.717) is 11.7 Å². The maximum absolute atomic E-state index is 12.2. The van der Waals surface area contributed by atoms with Crippen molar-refractivity contribution < 1.29 is 9.59 Å². The van der Waals surface area contributed by atoms with Gasteiger partial charge in [0.05, 0.1) is 5.92 Å². The normalized spacial score (nSPS) is 17.8. The number of hydrogen-bond acceptors (Lipinski definition) is 5. The van der Waals surface area contributed by atoms with Crippen LogP contribution in [0.15, 0.2) is 28.2 Å². The summed E-state index contributed by atoms with van der Waals surface area (Å²) in [5, 5.41) is 10.6. The largest absolute Gasteiger partial charge is 0.312 e. The number of nitrogens with zero attached hydrogens (tertiary/aromatic N) is 3. The maximum atomic E-state index is 12.2. The summed E-state index contributed by atoms with van der Waals surface area (Å²) in [6.45, 7) is 2.35. The second-order valence-corrected chi connectivity index (χ2v) is 6.76. The quantitative estimate of drug-likeness (QED) is 0.887. The molecule has 0 aliphatic carbocycles. The molecule has 8 heteroatoms. The molecule has 2 amide bonds. The lowest BCUT2D eigenvalue weighted by Gasteiger charge is -2.17. The van der Waals surface area contributed by atoms with Gasteiger partial charge in [0.2, 0.25) is 16.9 Å². The summed E-state index contributed by atoms with van der Waals surface area (Å²) in [5.41, 5.74) is 3.41. The van der Waals surface area contributed by atoms with Gasteiger partial charge in [-0.25, -0.2) is 0 Å². The Morgan fingerprint density at radius 2 is 2.32 bits per heavy atom. The SMILES string of the molecule is Cc1cc(N2C[C@@H](C(=O)Nc3nncs3)CC2=O)ccc1Br. The fraction of sp³-hybridized carbons (Fsp3) is 0.286. The fourth-order valence-corrected chi connectivity index (χ4v) is 3.06. The minimum absolute atomic E-state index is 0.0425. The van der Waals surface area contributed by atoms with Gasteiger partial charge >= 0.3 is 0 Å². The van der Waals surface area contributed by atoms with E-state index < -0.39 is 0 Å². The molecule has 0 spiro atoms. The molecule has 0 saturated carbocycles. The van der Waals surface area contributed by atoms with E-state index in [-0.39, 0.29) is 24.2 Å². The lowest BCUT2D eigenvalue weighted by Crippen LogP contribution is -2.28. The molecule has 1 N–H and O–H groups in total. The first-order valence-electron chi connectivity index (χ1n) is 6.68. The molecule has 0 unspecified atom stereocenters. The van der Waals surface area contributed by atoms with Crippen LogP contribution in [0.3, 0.4) is 0 Å². The van der Waals surface area contributed by atoms with Crippen molar-refractivity contribution >= 4 is 49.9 Å². The van der Waals surface area contributed by atoms with Gasteiger partial charge < -0.3 is 10.2 Å². The summed E-state index contributed by atoms with van der Waals surface area (Å²) in [6.07, 6.45) is 0.208. The highest BCUT2D eigenvalue weighted by Gasteiger charge is 2.35. The average molecular weight is 381 g/mol. The van der Waals surface area contributed by atoms with E-state index in [2.05, 4.69) is 31.4 Å². The van der Waals surface area contributed by atoms with Crippen LogP contribution in [-0.4, -0.2) is 28.6 Å². The van der Waals surface area contributed by atoms with Gasteiger partial charge in [0, 0.05) is 23.1 Å². The van der Waals surface area contributed by atoms with Gasteiger partial charge in [-0.2, -0.15) is 0 Å². The molecule has 0 bridgehead atoms. The van der Waals surface area contributed by atoms with E-state index in [4.69, 9.17) is 0 Å². The van der Waals surface area contributed by atoms with Crippen molar-refractivity contribution in [2.24, 2.45) is 5.92 Å². The smallest absolute Gasteiger partial charge is 0.231 e. The topological polar surface area (TPSA) is 75.2 Å². The van der Waals surface area contributed by atoms with Crippen LogP contribution in [0.2, 0.25) is 0 Å². The first-order valence-corrected chi connectivity index (χ1v) is 8.35. The number of rotatable bonds is 3. The molecule has 3 rings (SSSR count). The molecule has 6 nitrogen and oxygen atoms in total. The van der Waals surface area contributed by atoms with Gasteiger partial charge in [0.25, 0.3) is 0 Å². The third kappa shape index (κ3) is 3.02. The van der Waals surface area contributed by atoms with Gasteiger partial charge in [-0.15, -0.1) is 10.2 Å². The van der Waals surface area contributed by atoms with Crippen molar-refractivity contribution in [2.45, 2.75) is 13.3 Å². The highest BCUT2D eigenvalue weighted by atomic mass is 79.9. The highest BCUT2D eigenvalue weighted by Crippen LogP contribution is 2.29. The molecule has 1 fully saturated rings. The predicted octanol–water partition coefficient (Wildman–Crippen LogP) is 2.60. The van der Waals surface area contributed by atoms with Crippen molar-refractivity contribution in [3.63, 3.8) is 0 Å². The summed E-state index contributed by atoms with van der Waals surface area (Å²) in [7, 11) is 0. The molecule has 1 saturated heterocycles. The molecular weight excluding hydrogens is 368 g/mol. The Balaban J connectivity index is 1.72. The molecule has 1 atom stereocenters. The van der Waals surface area contributed by atoms with Crippen LogP contribution in [0.5, 0.6) is 0 Å². The van der Waals surface area contributed by atoms with Crippen molar-refractivity contribution in [1.82, 2.24) is 10.2 Å².